The number of piperidine rings is 1. The van der Waals surface area contributed by atoms with Gasteiger partial charge in [0.05, 0.1) is 5.41 Å². The third-order valence-corrected chi connectivity index (χ3v) is 5.37. The van der Waals surface area contributed by atoms with E-state index in [4.69, 9.17) is 0 Å². The molecule has 2 aliphatic rings. The second-order valence-corrected chi connectivity index (χ2v) is 7.13. The first-order valence-corrected chi connectivity index (χ1v) is 8.65. The zero-order valence-corrected chi connectivity index (χ0v) is 13.3. The lowest BCUT2D eigenvalue weighted by Gasteiger charge is -2.37. The Kier molecular flexibility index (Phi) is 5.88. The van der Waals surface area contributed by atoms with Gasteiger partial charge in [-0.05, 0) is 57.0 Å². The van der Waals surface area contributed by atoms with Crippen molar-refractivity contribution in [3.8, 4) is 0 Å². The molecule has 2 unspecified atom stereocenters. The first kappa shape index (κ1) is 15.8. The highest BCUT2D eigenvalue weighted by Gasteiger charge is 2.38. The van der Waals surface area contributed by atoms with E-state index in [0.717, 1.165) is 51.2 Å². The maximum absolute atomic E-state index is 12.7. The largest absolute Gasteiger partial charge is 0.355 e. The Hall–Kier alpha value is -0.570. The number of hydrogen-bond acceptors (Lipinski definition) is 2. The van der Waals surface area contributed by atoms with Gasteiger partial charge in [-0.1, -0.05) is 33.1 Å². The van der Waals surface area contributed by atoms with Gasteiger partial charge in [-0.25, -0.2) is 0 Å². The summed E-state index contributed by atoms with van der Waals surface area (Å²) in [5.74, 6) is 1.89. The van der Waals surface area contributed by atoms with Gasteiger partial charge in [0.2, 0.25) is 5.91 Å². The molecule has 2 fully saturated rings. The van der Waals surface area contributed by atoms with Crippen molar-refractivity contribution in [3.63, 3.8) is 0 Å². The summed E-state index contributed by atoms with van der Waals surface area (Å²) in [7, 11) is 0. The molecule has 116 valence electrons. The average molecular weight is 280 g/mol. The summed E-state index contributed by atoms with van der Waals surface area (Å²) in [6.45, 7) is 7.43. The van der Waals surface area contributed by atoms with Crippen LogP contribution in [0.25, 0.3) is 0 Å². The number of amides is 1. The van der Waals surface area contributed by atoms with Crippen molar-refractivity contribution in [1.29, 1.82) is 0 Å². The molecule has 0 bridgehead atoms. The number of carbonyl (C=O) groups excluding carboxylic acids is 1. The molecule has 2 N–H and O–H groups in total. The van der Waals surface area contributed by atoms with Crippen molar-refractivity contribution in [1.82, 2.24) is 10.6 Å². The fourth-order valence-corrected chi connectivity index (χ4v) is 4.14. The van der Waals surface area contributed by atoms with Crippen LogP contribution >= 0.6 is 0 Å². The van der Waals surface area contributed by atoms with E-state index < -0.39 is 0 Å². The first-order valence-electron chi connectivity index (χ1n) is 8.65. The maximum atomic E-state index is 12.7. The van der Waals surface area contributed by atoms with Crippen LogP contribution < -0.4 is 10.6 Å². The van der Waals surface area contributed by atoms with Crippen LogP contribution in [0.3, 0.4) is 0 Å². The van der Waals surface area contributed by atoms with Gasteiger partial charge in [0.15, 0.2) is 0 Å². The Morgan fingerprint density at radius 1 is 1.30 bits per heavy atom. The lowest BCUT2D eigenvalue weighted by molar-refractivity contribution is -0.133. The molecule has 1 aliphatic heterocycles. The smallest absolute Gasteiger partial charge is 0.226 e. The zero-order chi connectivity index (χ0) is 14.4. The third-order valence-electron chi connectivity index (χ3n) is 5.37. The summed E-state index contributed by atoms with van der Waals surface area (Å²) in [5.41, 5.74) is -0.0831. The Morgan fingerprint density at radius 2 is 2.05 bits per heavy atom. The molecule has 0 aromatic carbocycles. The molecule has 2 rings (SSSR count). The summed E-state index contributed by atoms with van der Waals surface area (Å²) >= 11 is 0. The van der Waals surface area contributed by atoms with Gasteiger partial charge in [-0.3, -0.25) is 4.79 Å². The van der Waals surface area contributed by atoms with Gasteiger partial charge >= 0.3 is 0 Å². The van der Waals surface area contributed by atoms with E-state index in [0.29, 0.717) is 11.8 Å². The summed E-state index contributed by atoms with van der Waals surface area (Å²) in [6, 6.07) is 0. The van der Waals surface area contributed by atoms with Crippen LogP contribution in [0.2, 0.25) is 0 Å². The minimum atomic E-state index is -0.0831. The SMILES string of the molecule is CCCC1(C(=O)NCC2CCCC(C)C2)CCNCC1. The molecule has 3 heteroatoms. The predicted molar refractivity (Wildman–Crippen MR) is 83.6 cm³/mol. The molecule has 2 atom stereocenters. The number of carbonyl (C=O) groups is 1. The standard InChI is InChI=1S/C17H32N2O/c1-3-7-17(8-10-18-11-9-17)16(20)19-13-15-6-4-5-14(2)12-15/h14-15,18H,3-13H2,1-2H3,(H,19,20). The average Bonchev–Trinajstić information content (AvgIpc) is 2.46. The second kappa shape index (κ2) is 7.44. The van der Waals surface area contributed by atoms with Crippen LogP contribution in [0, 0.1) is 17.3 Å². The fourth-order valence-electron chi connectivity index (χ4n) is 4.14. The monoisotopic (exact) mass is 280 g/mol. The molecule has 1 amide bonds. The molecule has 0 aromatic heterocycles. The van der Waals surface area contributed by atoms with Crippen molar-refractivity contribution in [2.75, 3.05) is 19.6 Å². The highest BCUT2D eigenvalue weighted by Crippen LogP contribution is 2.34. The summed E-state index contributed by atoms with van der Waals surface area (Å²) in [6.07, 6.45) is 9.47. The quantitative estimate of drug-likeness (QED) is 0.812. The molecule has 0 radical (unpaired) electrons. The predicted octanol–water partition coefficient (Wildman–Crippen LogP) is 3.10. The normalized spacial score (nSPS) is 29.9. The van der Waals surface area contributed by atoms with Crippen LogP contribution in [-0.4, -0.2) is 25.5 Å². The van der Waals surface area contributed by atoms with E-state index in [9.17, 15) is 4.79 Å². The van der Waals surface area contributed by atoms with Crippen LogP contribution in [0.4, 0.5) is 0 Å². The first-order chi connectivity index (χ1) is 9.66. The minimum Gasteiger partial charge on any atom is -0.355 e. The topological polar surface area (TPSA) is 41.1 Å². The van der Waals surface area contributed by atoms with E-state index >= 15 is 0 Å². The van der Waals surface area contributed by atoms with Crippen molar-refractivity contribution < 1.29 is 4.79 Å². The van der Waals surface area contributed by atoms with Crippen molar-refractivity contribution in [2.24, 2.45) is 17.3 Å². The van der Waals surface area contributed by atoms with Gasteiger partial charge in [0.25, 0.3) is 0 Å². The summed E-state index contributed by atoms with van der Waals surface area (Å²) in [5, 5.41) is 6.69. The van der Waals surface area contributed by atoms with Crippen LogP contribution in [0.15, 0.2) is 0 Å². The second-order valence-electron chi connectivity index (χ2n) is 7.13. The molecule has 0 aromatic rings. The Labute approximate surface area is 124 Å². The van der Waals surface area contributed by atoms with Gasteiger partial charge in [0.1, 0.15) is 0 Å². The van der Waals surface area contributed by atoms with E-state index in [-0.39, 0.29) is 5.41 Å². The van der Waals surface area contributed by atoms with Crippen molar-refractivity contribution >= 4 is 5.91 Å². The fraction of sp³-hybridized carbons (Fsp3) is 0.941. The lowest BCUT2D eigenvalue weighted by Crippen LogP contribution is -2.48. The van der Waals surface area contributed by atoms with Crippen LogP contribution in [-0.2, 0) is 4.79 Å². The molecule has 1 saturated heterocycles. The highest BCUT2D eigenvalue weighted by atomic mass is 16.2. The Balaban J connectivity index is 1.85. The lowest BCUT2D eigenvalue weighted by atomic mass is 9.74. The Morgan fingerprint density at radius 3 is 2.70 bits per heavy atom. The molecule has 1 heterocycles. The van der Waals surface area contributed by atoms with Gasteiger partial charge in [-0.15, -0.1) is 0 Å². The van der Waals surface area contributed by atoms with E-state index in [1.807, 2.05) is 0 Å². The number of rotatable bonds is 5. The van der Waals surface area contributed by atoms with E-state index in [1.54, 1.807) is 0 Å². The van der Waals surface area contributed by atoms with Gasteiger partial charge in [0, 0.05) is 6.54 Å². The Bertz CT molecular complexity index is 305. The zero-order valence-electron chi connectivity index (χ0n) is 13.3. The molecular weight excluding hydrogens is 248 g/mol. The highest BCUT2D eigenvalue weighted by molar-refractivity contribution is 5.82. The summed E-state index contributed by atoms with van der Waals surface area (Å²) < 4.78 is 0. The maximum Gasteiger partial charge on any atom is 0.226 e. The third kappa shape index (κ3) is 3.97. The number of hydrogen-bond donors (Lipinski definition) is 2. The van der Waals surface area contributed by atoms with Crippen LogP contribution in [0.5, 0.6) is 0 Å². The van der Waals surface area contributed by atoms with Gasteiger partial charge in [-0.2, -0.15) is 0 Å². The molecular formula is C17H32N2O. The van der Waals surface area contributed by atoms with Crippen LogP contribution in [0.1, 0.15) is 65.2 Å². The minimum absolute atomic E-state index is 0.0831. The van der Waals surface area contributed by atoms with Gasteiger partial charge < -0.3 is 10.6 Å². The molecule has 3 nitrogen and oxygen atoms in total. The van der Waals surface area contributed by atoms with E-state index in [1.165, 1.54) is 25.7 Å². The molecule has 20 heavy (non-hydrogen) atoms. The molecule has 1 saturated carbocycles. The summed E-state index contributed by atoms with van der Waals surface area (Å²) in [4.78, 5) is 12.7. The van der Waals surface area contributed by atoms with Crippen molar-refractivity contribution in [2.45, 2.75) is 65.2 Å². The molecule has 1 aliphatic carbocycles. The molecule has 0 spiro atoms. The van der Waals surface area contributed by atoms with Crippen molar-refractivity contribution in [3.05, 3.63) is 0 Å². The number of nitrogens with one attached hydrogen (secondary N) is 2. The van der Waals surface area contributed by atoms with E-state index in [2.05, 4.69) is 24.5 Å².